The molecule has 104 valence electrons. The second kappa shape index (κ2) is 5.70. The molecule has 1 aromatic carbocycles. The van der Waals surface area contributed by atoms with E-state index in [1.54, 1.807) is 0 Å². The highest BCUT2D eigenvalue weighted by Gasteiger charge is 2.21. The van der Waals surface area contributed by atoms with Crippen LogP contribution in [0.5, 0.6) is 11.5 Å². The fraction of sp³-hybridized carbons (Fsp3) is 0.600. The predicted octanol–water partition coefficient (Wildman–Crippen LogP) is 2.38. The zero-order chi connectivity index (χ0) is 13.1. The first kappa shape index (κ1) is 12.6. The van der Waals surface area contributed by atoms with Crippen LogP contribution in [0.1, 0.15) is 26.2 Å². The number of rotatable bonds is 4. The second-order valence-corrected chi connectivity index (χ2v) is 5.25. The molecule has 4 nitrogen and oxygen atoms in total. The van der Waals surface area contributed by atoms with Crippen LogP contribution < -0.4 is 19.7 Å². The molecule has 0 saturated carbocycles. The maximum Gasteiger partial charge on any atom is 0.231 e. The van der Waals surface area contributed by atoms with Crippen LogP contribution >= 0.6 is 0 Å². The van der Waals surface area contributed by atoms with Gasteiger partial charge in [0.05, 0.1) is 0 Å². The highest BCUT2D eigenvalue weighted by Crippen LogP contribution is 2.36. The van der Waals surface area contributed by atoms with Gasteiger partial charge >= 0.3 is 0 Å². The summed E-state index contributed by atoms with van der Waals surface area (Å²) in [6.45, 7) is 5.92. The Balaban J connectivity index is 1.59. The Morgan fingerprint density at radius 3 is 2.79 bits per heavy atom. The van der Waals surface area contributed by atoms with Gasteiger partial charge in [-0.25, -0.2) is 0 Å². The summed E-state index contributed by atoms with van der Waals surface area (Å²) in [5, 5.41) is 3.61. The van der Waals surface area contributed by atoms with Crippen LogP contribution in [0.15, 0.2) is 18.2 Å². The third kappa shape index (κ3) is 2.78. The highest BCUT2D eigenvalue weighted by atomic mass is 16.7. The minimum absolute atomic E-state index is 0.349. The van der Waals surface area contributed by atoms with Gasteiger partial charge in [0, 0.05) is 30.9 Å². The van der Waals surface area contributed by atoms with Gasteiger partial charge in [-0.3, -0.25) is 0 Å². The lowest BCUT2D eigenvalue weighted by Gasteiger charge is -2.34. The van der Waals surface area contributed by atoms with Crippen molar-refractivity contribution in [2.24, 2.45) is 0 Å². The maximum absolute atomic E-state index is 5.44. The van der Waals surface area contributed by atoms with Crippen molar-refractivity contribution in [3.63, 3.8) is 0 Å². The largest absolute Gasteiger partial charge is 0.454 e. The summed E-state index contributed by atoms with van der Waals surface area (Å²) in [6.07, 6.45) is 3.64. The lowest BCUT2D eigenvalue weighted by atomic mass is 10.0. The number of fused-ring (bicyclic) bond motifs is 1. The van der Waals surface area contributed by atoms with Crippen molar-refractivity contribution < 1.29 is 9.47 Å². The molecule has 0 atom stereocenters. The van der Waals surface area contributed by atoms with Gasteiger partial charge in [-0.05, 0) is 37.9 Å². The SMILES string of the molecule is CCCNC1CCN(c2ccc3c(c2)OCO3)CC1. The number of benzene rings is 1. The molecule has 0 bridgehead atoms. The van der Waals surface area contributed by atoms with Crippen molar-refractivity contribution in [2.45, 2.75) is 32.2 Å². The van der Waals surface area contributed by atoms with Crippen molar-refractivity contribution in [2.75, 3.05) is 31.3 Å². The van der Waals surface area contributed by atoms with Gasteiger partial charge in [-0.1, -0.05) is 6.92 Å². The topological polar surface area (TPSA) is 33.7 Å². The van der Waals surface area contributed by atoms with Crippen molar-refractivity contribution in [3.8, 4) is 11.5 Å². The Labute approximate surface area is 114 Å². The minimum atomic E-state index is 0.349. The zero-order valence-electron chi connectivity index (χ0n) is 11.5. The first-order valence-corrected chi connectivity index (χ1v) is 7.25. The molecule has 0 unspecified atom stereocenters. The van der Waals surface area contributed by atoms with E-state index in [0.29, 0.717) is 12.8 Å². The van der Waals surface area contributed by atoms with Gasteiger partial charge in [-0.2, -0.15) is 0 Å². The van der Waals surface area contributed by atoms with Crippen LogP contribution in [0.4, 0.5) is 5.69 Å². The number of nitrogens with zero attached hydrogens (tertiary/aromatic N) is 1. The molecule has 2 aliphatic heterocycles. The monoisotopic (exact) mass is 262 g/mol. The Hall–Kier alpha value is -1.42. The summed E-state index contributed by atoms with van der Waals surface area (Å²) in [6, 6.07) is 6.93. The normalized spacial score (nSPS) is 18.9. The molecule has 19 heavy (non-hydrogen) atoms. The molecular weight excluding hydrogens is 240 g/mol. The molecule has 2 heterocycles. The number of hydrogen-bond donors (Lipinski definition) is 1. The van der Waals surface area contributed by atoms with Crippen LogP contribution in [0.3, 0.4) is 0 Å². The van der Waals surface area contributed by atoms with Gasteiger partial charge < -0.3 is 19.7 Å². The molecule has 4 heteroatoms. The van der Waals surface area contributed by atoms with Gasteiger partial charge in [-0.15, -0.1) is 0 Å². The molecule has 3 rings (SSSR count). The van der Waals surface area contributed by atoms with Crippen molar-refractivity contribution in [3.05, 3.63) is 18.2 Å². The summed E-state index contributed by atoms with van der Waals surface area (Å²) in [5.41, 5.74) is 1.25. The lowest BCUT2D eigenvalue weighted by Crippen LogP contribution is -2.42. The number of anilines is 1. The molecule has 0 spiro atoms. The van der Waals surface area contributed by atoms with E-state index < -0.39 is 0 Å². The highest BCUT2D eigenvalue weighted by molar-refractivity contribution is 5.57. The van der Waals surface area contributed by atoms with Gasteiger partial charge in [0.1, 0.15) is 0 Å². The average molecular weight is 262 g/mol. The fourth-order valence-corrected chi connectivity index (χ4v) is 2.77. The molecular formula is C15H22N2O2. The van der Waals surface area contributed by atoms with Crippen molar-refractivity contribution in [1.82, 2.24) is 5.32 Å². The summed E-state index contributed by atoms with van der Waals surface area (Å²) in [5.74, 6) is 1.74. The Kier molecular flexibility index (Phi) is 3.78. The van der Waals surface area contributed by atoms with E-state index in [9.17, 15) is 0 Å². The lowest BCUT2D eigenvalue weighted by molar-refractivity contribution is 0.174. The fourth-order valence-electron chi connectivity index (χ4n) is 2.77. The summed E-state index contributed by atoms with van der Waals surface area (Å²) in [4.78, 5) is 2.44. The van der Waals surface area contributed by atoms with Crippen molar-refractivity contribution >= 4 is 5.69 Å². The number of ether oxygens (including phenoxy) is 2. The third-order valence-corrected chi connectivity index (χ3v) is 3.90. The van der Waals surface area contributed by atoms with E-state index in [4.69, 9.17) is 9.47 Å². The van der Waals surface area contributed by atoms with Crippen LogP contribution in [0, 0.1) is 0 Å². The maximum atomic E-state index is 5.44. The van der Waals surface area contributed by atoms with Gasteiger partial charge in [0.25, 0.3) is 0 Å². The summed E-state index contributed by atoms with van der Waals surface area (Å²) in [7, 11) is 0. The first-order valence-electron chi connectivity index (χ1n) is 7.25. The van der Waals surface area contributed by atoms with Crippen LogP contribution in [0.2, 0.25) is 0 Å². The Morgan fingerprint density at radius 1 is 1.21 bits per heavy atom. The van der Waals surface area contributed by atoms with Crippen LogP contribution in [0.25, 0.3) is 0 Å². The number of piperidine rings is 1. The van der Waals surface area contributed by atoms with E-state index >= 15 is 0 Å². The van der Waals surface area contributed by atoms with E-state index in [-0.39, 0.29) is 0 Å². The van der Waals surface area contributed by atoms with E-state index in [0.717, 1.165) is 31.1 Å². The molecule has 2 aliphatic rings. The molecule has 1 fully saturated rings. The molecule has 1 N–H and O–H groups in total. The molecule has 0 aromatic heterocycles. The van der Waals surface area contributed by atoms with Gasteiger partial charge in [0.15, 0.2) is 11.5 Å². The van der Waals surface area contributed by atoms with E-state index in [2.05, 4.69) is 29.3 Å². The van der Waals surface area contributed by atoms with Crippen LogP contribution in [-0.4, -0.2) is 32.5 Å². The summed E-state index contributed by atoms with van der Waals surface area (Å²) >= 11 is 0. The zero-order valence-corrected chi connectivity index (χ0v) is 11.5. The molecule has 0 amide bonds. The number of nitrogens with one attached hydrogen (secondary N) is 1. The van der Waals surface area contributed by atoms with E-state index in [1.165, 1.54) is 24.9 Å². The predicted molar refractivity (Wildman–Crippen MR) is 76.1 cm³/mol. The first-order chi connectivity index (χ1) is 9.36. The van der Waals surface area contributed by atoms with E-state index in [1.807, 2.05) is 6.07 Å². The molecule has 1 saturated heterocycles. The molecule has 0 aliphatic carbocycles. The molecule has 1 aromatic rings. The number of hydrogen-bond acceptors (Lipinski definition) is 4. The second-order valence-electron chi connectivity index (χ2n) is 5.25. The Morgan fingerprint density at radius 2 is 2.00 bits per heavy atom. The quantitative estimate of drug-likeness (QED) is 0.903. The molecule has 0 radical (unpaired) electrons. The third-order valence-electron chi connectivity index (χ3n) is 3.90. The van der Waals surface area contributed by atoms with Crippen LogP contribution in [-0.2, 0) is 0 Å². The smallest absolute Gasteiger partial charge is 0.231 e. The van der Waals surface area contributed by atoms with Gasteiger partial charge in [0.2, 0.25) is 6.79 Å². The minimum Gasteiger partial charge on any atom is -0.454 e. The Bertz CT molecular complexity index is 428. The van der Waals surface area contributed by atoms with Crippen molar-refractivity contribution in [1.29, 1.82) is 0 Å². The summed E-state index contributed by atoms with van der Waals surface area (Å²) < 4.78 is 10.8. The standard InChI is InChI=1S/C15H22N2O2/c1-2-7-16-12-5-8-17(9-6-12)13-3-4-14-15(10-13)19-11-18-14/h3-4,10,12,16H,2,5-9,11H2,1H3. The average Bonchev–Trinajstić information content (AvgIpc) is 2.93.